The number of rotatable bonds is 5. The second-order valence-electron chi connectivity index (χ2n) is 8.86. The fourth-order valence-electron chi connectivity index (χ4n) is 4.48. The third-order valence-electron chi connectivity index (χ3n) is 6.24. The number of ether oxygens (including phenoxy) is 1. The van der Waals surface area contributed by atoms with Crippen molar-refractivity contribution >= 4 is 5.91 Å². The van der Waals surface area contributed by atoms with E-state index < -0.39 is 17.6 Å². The number of aliphatic hydroxyl groups excluding tert-OH is 1. The monoisotopic (exact) mass is 440 g/mol. The van der Waals surface area contributed by atoms with E-state index in [0.29, 0.717) is 11.1 Å². The van der Waals surface area contributed by atoms with E-state index in [1.807, 2.05) is 69.3 Å². The first-order valence-corrected chi connectivity index (χ1v) is 11.1. The Labute approximate surface area is 194 Å². The maximum Gasteiger partial charge on any atom is 0.251 e. The van der Waals surface area contributed by atoms with Crippen molar-refractivity contribution < 1.29 is 14.6 Å². The highest BCUT2D eigenvalue weighted by atomic mass is 16.5. The Hall–Kier alpha value is -3.46. The van der Waals surface area contributed by atoms with Gasteiger partial charge in [-0.3, -0.25) is 4.79 Å². The van der Waals surface area contributed by atoms with Gasteiger partial charge >= 0.3 is 0 Å². The smallest absolute Gasteiger partial charge is 0.251 e. The van der Waals surface area contributed by atoms with Gasteiger partial charge in [-0.05, 0) is 55.2 Å². The lowest BCUT2D eigenvalue weighted by atomic mass is 9.73. The molecule has 3 aromatic rings. The lowest BCUT2D eigenvalue weighted by molar-refractivity contribution is -0.0501. The molecular weight excluding hydrogens is 412 g/mol. The normalized spacial score (nSPS) is 21.5. The summed E-state index contributed by atoms with van der Waals surface area (Å²) >= 11 is 0. The predicted octanol–water partition coefficient (Wildman–Crippen LogP) is 5.12. The number of benzene rings is 3. The van der Waals surface area contributed by atoms with Crippen LogP contribution in [0, 0.1) is 23.7 Å². The largest absolute Gasteiger partial charge is 0.387 e. The van der Waals surface area contributed by atoms with Gasteiger partial charge in [-0.2, -0.15) is 5.26 Å². The van der Waals surface area contributed by atoms with Gasteiger partial charge in [0.15, 0.2) is 0 Å². The van der Waals surface area contributed by atoms with E-state index in [4.69, 9.17) is 4.74 Å². The molecule has 0 saturated heterocycles. The number of amides is 1. The number of aliphatic hydroxyl groups is 1. The average molecular weight is 441 g/mol. The fraction of sp³-hybridized carbons (Fsp3) is 0.286. The summed E-state index contributed by atoms with van der Waals surface area (Å²) in [5, 5.41) is 25.4. The molecule has 33 heavy (non-hydrogen) atoms. The molecule has 2 N–H and O–H groups in total. The number of carbonyl (C=O) groups is 1. The molecule has 1 aliphatic rings. The van der Waals surface area contributed by atoms with Gasteiger partial charge < -0.3 is 15.2 Å². The number of nitrogens with zero attached hydrogens (tertiary/aromatic N) is 1. The summed E-state index contributed by atoms with van der Waals surface area (Å²) in [6.07, 6.45) is -1.32. The van der Waals surface area contributed by atoms with Crippen molar-refractivity contribution in [2.45, 2.75) is 39.0 Å². The van der Waals surface area contributed by atoms with Crippen LogP contribution in [0.3, 0.4) is 0 Å². The van der Waals surface area contributed by atoms with Gasteiger partial charge in [-0.1, -0.05) is 66.2 Å². The number of nitrogens with one attached hydrogen (secondary N) is 1. The van der Waals surface area contributed by atoms with Crippen LogP contribution in [-0.2, 0) is 4.74 Å². The first-order valence-electron chi connectivity index (χ1n) is 11.1. The number of hydrogen-bond donors (Lipinski definition) is 2. The van der Waals surface area contributed by atoms with Crippen molar-refractivity contribution in [2.75, 3.05) is 6.61 Å². The maximum absolute atomic E-state index is 13.3. The van der Waals surface area contributed by atoms with Crippen LogP contribution in [-0.4, -0.2) is 23.7 Å². The Morgan fingerprint density at radius 1 is 1.06 bits per heavy atom. The molecule has 4 rings (SSSR count). The number of hydrogen-bond acceptors (Lipinski definition) is 4. The van der Waals surface area contributed by atoms with Crippen LogP contribution in [0.15, 0.2) is 72.8 Å². The molecule has 0 bridgehead atoms. The zero-order valence-corrected chi connectivity index (χ0v) is 19.1. The summed E-state index contributed by atoms with van der Waals surface area (Å²) in [5.41, 5.74) is 3.26. The van der Waals surface area contributed by atoms with Crippen LogP contribution < -0.4 is 5.32 Å². The second-order valence-corrected chi connectivity index (χ2v) is 8.86. The maximum atomic E-state index is 13.3. The fourth-order valence-corrected chi connectivity index (χ4v) is 4.48. The van der Waals surface area contributed by atoms with Crippen LogP contribution in [0.4, 0.5) is 0 Å². The van der Waals surface area contributed by atoms with Crippen LogP contribution in [0.5, 0.6) is 0 Å². The van der Waals surface area contributed by atoms with E-state index in [2.05, 4.69) is 11.4 Å². The van der Waals surface area contributed by atoms with E-state index in [0.717, 1.165) is 22.3 Å². The molecule has 0 radical (unpaired) electrons. The zero-order valence-electron chi connectivity index (χ0n) is 19.1. The lowest BCUT2D eigenvalue weighted by Gasteiger charge is -2.38. The second kappa shape index (κ2) is 9.19. The van der Waals surface area contributed by atoms with E-state index in [9.17, 15) is 15.2 Å². The Balaban J connectivity index is 1.94. The molecular formula is C28H28N2O3. The van der Waals surface area contributed by atoms with Crippen molar-refractivity contribution in [3.63, 3.8) is 0 Å². The van der Waals surface area contributed by atoms with Crippen molar-refractivity contribution in [1.29, 1.82) is 5.26 Å². The average Bonchev–Trinajstić information content (AvgIpc) is 2.91. The molecule has 3 aromatic carbocycles. The third kappa shape index (κ3) is 4.16. The van der Waals surface area contributed by atoms with E-state index >= 15 is 0 Å². The van der Waals surface area contributed by atoms with Crippen LogP contribution in [0.2, 0.25) is 0 Å². The zero-order chi connectivity index (χ0) is 23.6. The van der Waals surface area contributed by atoms with Gasteiger partial charge in [-0.25, -0.2) is 0 Å². The molecule has 0 saturated carbocycles. The highest BCUT2D eigenvalue weighted by Crippen LogP contribution is 2.52. The van der Waals surface area contributed by atoms with Gasteiger partial charge in [0.25, 0.3) is 5.91 Å². The highest BCUT2D eigenvalue weighted by molar-refractivity contribution is 5.94. The van der Waals surface area contributed by atoms with Crippen molar-refractivity contribution in [1.82, 2.24) is 5.32 Å². The van der Waals surface area contributed by atoms with Gasteiger partial charge in [0, 0.05) is 5.56 Å². The molecule has 168 valence electrons. The number of carbonyl (C=O) groups excluding carboxylic acids is 1. The Morgan fingerprint density at radius 2 is 1.76 bits per heavy atom. The van der Waals surface area contributed by atoms with Crippen molar-refractivity contribution in [2.24, 2.45) is 5.41 Å². The van der Waals surface area contributed by atoms with E-state index in [-0.39, 0.29) is 18.6 Å². The summed E-state index contributed by atoms with van der Waals surface area (Å²) in [6, 6.07) is 24.0. The quantitative estimate of drug-likeness (QED) is 0.577. The molecule has 5 heteroatoms. The van der Waals surface area contributed by atoms with Crippen LogP contribution >= 0.6 is 0 Å². The number of fused-ring (bicyclic) bond motifs is 3. The molecule has 5 nitrogen and oxygen atoms in total. The minimum absolute atomic E-state index is 0.0380. The molecule has 1 aliphatic carbocycles. The van der Waals surface area contributed by atoms with Crippen LogP contribution in [0.1, 0.15) is 53.0 Å². The van der Waals surface area contributed by atoms with Gasteiger partial charge in [-0.15, -0.1) is 0 Å². The lowest BCUT2D eigenvalue weighted by Crippen LogP contribution is -2.46. The third-order valence-corrected chi connectivity index (χ3v) is 6.24. The highest BCUT2D eigenvalue weighted by Gasteiger charge is 2.51. The summed E-state index contributed by atoms with van der Waals surface area (Å²) in [6.45, 7) is 5.73. The van der Waals surface area contributed by atoms with Crippen molar-refractivity contribution in [3.8, 4) is 17.2 Å². The Bertz CT molecular complexity index is 1200. The molecule has 1 amide bonds. The van der Waals surface area contributed by atoms with Crippen LogP contribution in [0.25, 0.3) is 11.1 Å². The summed E-state index contributed by atoms with van der Waals surface area (Å²) in [7, 11) is 0. The minimum atomic E-state index is -1.44. The summed E-state index contributed by atoms with van der Waals surface area (Å²) in [4.78, 5) is 13.3. The molecule has 0 fully saturated rings. The molecule has 0 aliphatic heterocycles. The van der Waals surface area contributed by atoms with Gasteiger partial charge in [0.05, 0.1) is 24.8 Å². The summed E-state index contributed by atoms with van der Waals surface area (Å²) < 4.78 is 5.94. The predicted molar refractivity (Wildman–Crippen MR) is 127 cm³/mol. The molecule has 0 spiro atoms. The van der Waals surface area contributed by atoms with E-state index in [1.165, 1.54) is 0 Å². The molecule has 0 unspecified atom stereocenters. The molecule has 3 atom stereocenters. The number of aryl methyl sites for hydroxylation is 1. The number of nitriles is 1. The first-order chi connectivity index (χ1) is 15.9. The molecule has 0 heterocycles. The van der Waals surface area contributed by atoms with Gasteiger partial charge in [0.2, 0.25) is 0 Å². The Kier molecular flexibility index (Phi) is 6.33. The first kappa shape index (κ1) is 22.7. The van der Waals surface area contributed by atoms with E-state index in [1.54, 1.807) is 24.3 Å². The standard InChI is InChI=1S/C28H28N2O3/c1-18(2)33-17-28(16-29)25(30-27(32)20-9-5-4-6-10-20)22-12-8-7-11-21(22)24-15-19(3)13-14-23(24)26(28)31/h4-15,18,25-26,31H,17H2,1-3H3,(H,30,32)/t25-,26-,28-/m1/s1. The van der Waals surface area contributed by atoms with Crippen molar-refractivity contribution in [3.05, 3.63) is 95.1 Å². The minimum Gasteiger partial charge on any atom is -0.387 e. The van der Waals surface area contributed by atoms with Gasteiger partial charge in [0.1, 0.15) is 11.5 Å². The summed E-state index contributed by atoms with van der Waals surface area (Å²) in [5.74, 6) is -0.311. The SMILES string of the molecule is Cc1ccc2c(c1)-c1ccccc1[C@@H](NC(=O)c1ccccc1)[C@@](C#N)(COC(C)C)[C@@H]2O. The topological polar surface area (TPSA) is 82.4 Å². The molecule has 0 aromatic heterocycles. The Morgan fingerprint density at radius 3 is 2.45 bits per heavy atom.